The fraction of sp³-hybridized carbons (Fsp3) is 0.429. The summed E-state index contributed by atoms with van der Waals surface area (Å²) in [6, 6.07) is 0.563. The average molecular weight is 304 g/mol. The van der Waals surface area contributed by atoms with Crippen molar-refractivity contribution in [2.45, 2.75) is 37.8 Å². The first-order valence-electron chi connectivity index (χ1n) is 6.77. The summed E-state index contributed by atoms with van der Waals surface area (Å²) >= 11 is 3.23. The number of hydrogen-bond donors (Lipinski definition) is 0. The van der Waals surface area contributed by atoms with Gasteiger partial charge < -0.3 is 0 Å². The molecule has 20 heavy (non-hydrogen) atoms. The topological polar surface area (TPSA) is 50.5 Å². The summed E-state index contributed by atoms with van der Waals surface area (Å²) in [4.78, 5) is 17.9. The molecule has 0 saturated heterocycles. The molecule has 0 radical (unpaired) electrons. The Morgan fingerprint density at radius 1 is 0.900 bits per heavy atom. The highest BCUT2D eigenvalue weighted by molar-refractivity contribution is 7.11. The minimum absolute atomic E-state index is 0.281. The molecular weight excluding hydrogens is 288 g/mol. The third kappa shape index (κ3) is 3.58. The minimum Gasteiger partial charge on any atom is -0.284 e. The molecule has 0 amide bonds. The lowest BCUT2D eigenvalue weighted by atomic mass is 9.91. The van der Waals surface area contributed by atoms with E-state index in [2.05, 4.69) is 9.97 Å². The molecule has 0 spiro atoms. The fourth-order valence-corrected chi connectivity index (χ4v) is 3.36. The van der Waals surface area contributed by atoms with Crippen LogP contribution in [-0.4, -0.2) is 34.5 Å². The Balaban J connectivity index is 1.67. The predicted octanol–water partition coefficient (Wildman–Crippen LogP) is 3.45. The van der Waals surface area contributed by atoms with E-state index in [-0.39, 0.29) is 12.1 Å². The van der Waals surface area contributed by atoms with Gasteiger partial charge in [0.25, 0.3) is 0 Å². The summed E-state index contributed by atoms with van der Waals surface area (Å²) in [5.74, 6) is 0. The van der Waals surface area contributed by atoms with E-state index in [0.29, 0.717) is 0 Å². The average Bonchev–Trinajstić information content (AvgIpc) is 3.17. The first-order chi connectivity index (χ1) is 9.92. The normalized spacial score (nSPS) is 23.8. The molecule has 3 rings (SSSR count). The SMILES string of the molecule is C(=N[C@H]1CCCC[C@@H]1N=Cc1nccs1)c1nccs1. The lowest BCUT2D eigenvalue weighted by molar-refractivity contribution is 0.390. The fourth-order valence-electron chi connectivity index (χ4n) is 2.35. The Bertz CT molecular complexity index is 508. The molecule has 1 saturated carbocycles. The van der Waals surface area contributed by atoms with Crippen LogP contribution in [0.5, 0.6) is 0 Å². The molecule has 0 unspecified atom stereocenters. The molecule has 2 aromatic heterocycles. The number of thiazole rings is 2. The van der Waals surface area contributed by atoms with Crippen LogP contribution in [0.3, 0.4) is 0 Å². The number of nitrogens with zero attached hydrogens (tertiary/aromatic N) is 4. The van der Waals surface area contributed by atoms with E-state index in [1.165, 1.54) is 12.8 Å². The number of rotatable bonds is 4. The number of hydrogen-bond acceptors (Lipinski definition) is 6. The summed E-state index contributed by atoms with van der Waals surface area (Å²) in [6.45, 7) is 0. The zero-order valence-electron chi connectivity index (χ0n) is 11.1. The first-order valence-corrected chi connectivity index (χ1v) is 8.53. The van der Waals surface area contributed by atoms with E-state index in [1.54, 1.807) is 22.7 Å². The Kier molecular flexibility index (Phi) is 4.65. The monoisotopic (exact) mass is 304 g/mol. The van der Waals surface area contributed by atoms with Crippen molar-refractivity contribution in [3.63, 3.8) is 0 Å². The molecule has 4 nitrogen and oxygen atoms in total. The van der Waals surface area contributed by atoms with Gasteiger partial charge in [0.05, 0.1) is 24.5 Å². The Morgan fingerprint density at radius 3 is 1.80 bits per heavy atom. The maximum atomic E-state index is 4.70. The molecule has 0 aromatic carbocycles. The van der Waals surface area contributed by atoms with E-state index in [4.69, 9.17) is 9.98 Å². The lowest BCUT2D eigenvalue weighted by Crippen LogP contribution is -2.27. The van der Waals surface area contributed by atoms with Crippen molar-refractivity contribution in [2.75, 3.05) is 0 Å². The Morgan fingerprint density at radius 2 is 1.40 bits per heavy atom. The summed E-state index contributed by atoms with van der Waals surface area (Å²) in [7, 11) is 0. The van der Waals surface area contributed by atoms with Gasteiger partial charge in [-0.1, -0.05) is 12.8 Å². The molecule has 0 aliphatic heterocycles. The van der Waals surface area contributed by atoms with E-state index in [9.17, 15) is 0 Å². The second-order valence-corrected chi connectivity index (χ2v) is 6.57. The van der Waals surface area contributed by atoms with Gasteiger partial charge in [-0.05, 0) is 12.8 Å². The molecule has 6 heteroatoms. The molecule has 2 heterocycles. The van der Waals surface area contributed by atoms with E-state index >= 15 is 0 Å². The summed E-state index contributed by atoms with van der Waals surface area (Å²) in [5.41, 5.74) is 0. The van der Waals surface area contributed by atoms with Gasteiger partial charge in [-0.15, -0.1) is 22.7 Å². The van der Waals surface area contributed by atoms with Crippen molar-refractivity contribution < 1.29 is 0 Å². The third-order valence-corrected chi connectivity index (χ3v) is 4.77. The van der Waals surface area contributed by atoms with Crippen LogP contribution in [-0.2, 0) is 0 Å². The Hall–Kier alpha value is -1.40. The maximum absolute atomic E-state index is 4.70. The number of aliphatic imine (C=N–C) groups is 2. The smallest absolute Gasteiger partial charge is 0.133 e. The molecule has 0 bridgehead atoms. The zero-order valence-corrected chi connectivity index (χ0v) is 12.7. The molecule has 1 fully saturated rings. The summed E-state index contributed by atoms with van der Waals surface area (Å²) in [6.07, 6.45) is 12.1. The van der Waals surface area contributed by atoms with Crippen molar-refractivity contribution in [1.29, 1.82) is 0 Å². The number of aromatic nitrogens is 2. The van der Waals surface area contributed by atoms with Crippen LogP contribution in [0.15, 0.2) is 33.1 Å². The van der Waals surface area contributed by atoms with Crippen LogP contribution < -0.4 is 0 Å². The molecular formula is C14H16N4S2. The van der Waals surface area contributed by atoms with Gasteiger partial charge in [0, 0.05) is 23.2 Å². The van der Waals surface area contributed by atoms with Gasteiger partial charge >= 0.3 is 0 Å². The van der Waals surface area contributed by atoms with Crippen LogP contribution in [0.1, 0.15) is 35.7 Å². The van der Waals surface area contributed by atoms with Gasteiger partial charge in [-0.25, -0.2) is 9.97 Å². The van der Waals surface area contributed by atoms with Crippen LogP contribution >= 0.6 is 22.7 Å². The first kappa shape index (κ1) is 13.6. The van der Waals surface area contributed by atoms with Gasteiger partial charge in [0.1, 0.15) is 10.0 Å². The van der Waals surface area contributed by atoms with Gasteiger partial charge in [0.15, 0.2) is 0 Å². The second-order valence-electron chi connectivity index (χ2n) is 4.72. The largest absolute Gasteiger partial charge is 0.284 e. The molecule has 2 aromatic rings. The molecule has 1 aliphatic rings. The zero-order chi connectivity index (χ0) is 13.6. The summed E-state index contributed by atoms with van der Waals surface area (Å²) in [5, 5.41) is 5.89. The van der Waals surface area contributed by atoms with E-state index in [1.807, 2.05) is 35.6 Å². The van der Waals surface area contributed by atoms with E-state index in [0.717, 1.165) is 22.9 Å². The van der Waals surface area contributed by atoms with Crippen molar-refractivity contribution >= 4 is 35.1 Å². The second kappa shape index (κ2) is 6.85. The molecule has 2 atom stereocenters. The van der Waals surface area contributed by atoms with Crippen LogP contribution in [0.2, 0.25) is 0 Å². The highest BCUT2D eigenvalue weighted by Crippen LogP contribution is 2.24. The highest BCUT2D eigenvalue weighted by Gasteiger charge is 2.23. The highest BCUT2D eigenvalue weighted by atomic mass is 32.1. The van der Waals surface area contributed by atoms with Gasteiger partial charge in [-0.2, -0.15) is 0 Å². The summed E-state index contributed by atoms with van der Waals surface area (Å²) < 4.78 is 0. The van der Waals surface area contributed by atoms with Crippen molar-refractivity contribution in [1.82, 2.24) is 9.97 Å². The quantitative estimate of drug-likeness (QED) is 0.812. The standard InChI is InChI=1S/C14H16N4S2/c1-2-4-12(18-10-14-16-6-8-20-14)11(3-1)17-9-13-15-5-7-19-13/h5-12H,1-4H2/t11-,12-/m0/s1. The lowest BCUT2D eigenvalue weighted by Gasteiger charge is -2.25. The van der Waals surface area contributed by atoms with E-state index < -0.39 is 0 Å². The molecule has 0 N–H and O–H groups in total. The van der Waals surface area contributed by atoms with Gasteiger partial charge in [-0.3, -0.25) is 9.98 Å². The molecule has 1 aliphatic carbocycles. The van der Waals surface area contributed by atoms with Gasteiger partial charge in [0.2, 0.25) is 0 Å². The minimum atomic E-state index is 0.281. The molecule has 104 valence electrons. The van der Waals surface area contributed by atoms with Crippen LogP contribution in [0, 0.1) is 0 Å². The Labute approximate surface area is 126 Å². The van der Waals surface area contributed by atoms with Crippen molar-refractivity contribution in [3.05, 3.63) is 33.2 Å². The van der Waals surface area contributed by atoms with Crippen molar-refractivity contribution in [3.8, 4) is 0 Å². The maximum Gasteiger partial charge on any atom is 0.133 e. The van der Waals surface area contributed by atoms with Crippen molar-refractivity contribution in [2.24, 2.45) is 9.98 Å². The van der Waals surface area contributed by atoms with Crippen LogP contribution in [0.4, 0.5) is 0 Å². The predicted molar refractivity (Wildman–Crippen MR) is 85.5 cm³/mol. The third-order valence-electron chi connectivity index (χ3n) is 3.35. The van der Waals surface area contributed by atoms with Crippen LogP contribution in [0.25, 0.3) is 0 Å².